The van der Waals surface area contributed by atoms with Gasteiger partial charge in [-0.3, -0.25) is 4.79 Å². The highest BCUT2D eigenvalue weighted by Gasteiger charge is 2.31. The molecule has 0 aromatic heterocycles. The first-order valence-corrected chi connectivity index (χ1v) is 7.51. The summed E-state index contributed by atoms with van der Waals surface area (Å²) in [6.07, 6.45) is 0.839. The third-order valence-corrected chi connectivity index (χ3v) is 4.14. The Morgan fingerprint density at radius 3 is 1.81 bits per heavy atom. The topological polar surface area (TPSA) is 29.1 Å². The molecule has 0 saturated carbocycles. The molecule has 21 heavy (non-hydrogen) atoms. The van der Waals surface area contributed by atoms with Crippen molar-refractivity contribution in [2.75, 3.05) is 0 Å². The van der Waals surface area contributed by atoms with E-state index in [4.69, 9.17) is 0 Å². The Labute approximate surface area is 127 Å². The van der Waals surface area contributed by atoms with E-state index in [0.717, 1.165) is 17.5 Å². The molecule has 0 fully saturated rings. The summed E-state index contributed by atoms with van der Waals surface area (Å²) in [7, 11) is 0. The molecule has 1 atom stereocenters. The number of hydrogen-bond donors (Lipinski definition) is 1. The number of hydrogen-bond acceptors (Lipinski definition) is 1. The maximum Gasteiger partial charge on any atom is 0.223 e. The molecule has 2 aromatic rings. The third kappa shape index (κ3) is 3.33. The van der Waals surface area contributed by atoms with E-state index in [1.165, 1.54) is 0 Å². The van der Waals surface area contributed by atoms with Gasteiger partial charge in [0.05, 0.1) is 5.54 Å². The number of rotatable bonds is 5. The van der Waals surface area contributed by atoms with Crippen molar-refractivity contribution in [1.29, 1.82) is 0 Å². The maximum absolute atomic E-state index is 12.4. The molecular weight excluding hydrogens is 258 g/mol. The highest BCUT2D eigenvalue weighted by atomic mass is 16.2. The zero-order valence-corrected chi connectivity index (χ0v) is 13.0. The molecule has 0 aliphatic rings. The minimum atomic E-state index is -0.511. The fourth-order valence-electron chi connectivity index (χ4n) is 2.41. The van der Waals surface area contributed by atoms with Gasteiger partial charge in [0.15, 0.2) is 0 Å². The van der Waals surface area contributed by atoms with E-state index in [1.54, 1.807) is 0 Å². The van der Waals surface area contributed by atoms with Gasteiger partial charge in [0.1, 0.15) is 0 Å². The van der Waals surface area contributed by atoms with Gasteiger partial charge >= 0.3 is 0 Å². The van der Waals surface area contributed by atoms with Crippen LogP contribution in [0.4, 0.5) is 0 Å². The number of amides is 1. The van der Waals surface area contributed by atoms with Crippen LogP contribution in [0.3, 0.4) is 0 Å². The number of nitrogens with one attached hydrogen (secondary N) is 1. The summed E-state index contributed by atoms with van der Waals surface area (Å²) in [6, 6.07) is 20.2. The lowest BCUT2D eigenvalue weighted by atomic mass is 9.84. The summed E-state index contributed by atoms with van der Waals surface area (Å²) >= 11 is 0. The van der Waals surface area contributed by atoms with Crippen molar-refractivity contribution >= 4 is 5.91 Å². The average Bonchev–Trinajstić information content (AvgIpc) is 2.55. The first kappa shape index (κ1) is 15.3. The molecule has 0 heterocycles. The lowest BCUT2D eigenvalue weighted by molar-refractivity contribution is -0.126. The average molecular weight is 281 g/mol. The Bertz CT molecular complexity index is 538. The maximum atomic E-state index is 12.4. The van der Waals surface area contributed by atoms with Crippen LogP contribution in [-0.4, -0.2) is 5.91 Å². The van der Waals surface area contributed by atoms with Crippen LogP contribution in [0.1, 0.15) is 38.3 Å². The Morgan fingerprint density at radius 1 is 1.00 bits per heavy atom. The summed E-state index contributed by atoms with van der Waals surface area (Å²) in [5.41, 5.74) is 1.67. The molecule has 0 aliphatic carbocycles. The van der Waals surface area contributed by atoms with E-state index >= 15 is 0 Å². The second-order valence-corrected chi connectivity index (χ2v) is 5.66. The van der Waals surface area contributed by atoms with Crippen molar-refractivity contribution in [1.82, 2.24) is 5.32 Å². The molecule has 2 rings (SSSR count). The van der Waals surface area contributed by atoms with Gasteiger partial charge in [-0.15, -0.1) is 0 Å². The SMILES string of the molecule is CCC(C)C(=O)NC(C)(c1ccccc1)c1ccccc1. The first-order chi connectivity index (χ1) is 10.1. The summed E-state index contributed by atoms with van der Waals surface area (Å²) in [5, 5.41) is 3.24. The van der Waals surface area contributed by atoms with Gasteiger partial charge in [0, 0.05) is 5.92 Å². The van der Waals surface area contributed by atoms with E-state index in [1.807, 2.05) is 50.2 Å². The van der Waals surface area contributed by atoms with Crippen LogP contribution in [0.2, 0.25) is 0 Å². The van der Waals surface area contributed by atoms with Crippen molar-refractivity contribution in [2.45, 2.75) is 32.7 Å². The van der Waals surface area contributed by atoms with Gasteiger partial charge in [-0.05, 0) is 24.5 Å². The van der Waals surface area contributed by atoms with Crippen LogP contribution in [0, 0.1) is 5.92 Å². The predicted molar refractivity (Wildman–Crippen MR) is 86.9 cm³/mol. The van der Waals surface area contributed by atoms with Gasteiger partial charge in [-0.2, -0.15) is 0 Å². The molecular formula is C19H23NO. The molecule has 0 bridgehead atoms. The van der Waals surface area contributed by atoms with Gasteiger partial charge in [-0.1, -0.05) is 74.5 Å². The summed E-state index contributed by atoms with van der Waals surface area (Å²) in [6.45, 7) is 6.07. The molecule has 2 aromatic carbocycles. The lowest BCUT2D eigenvalue weighted by Crippen LogP contribution is -2.46. The number of carbonyl (C=O) groups is 1. The van der Waals surface area contributed by atoms with Gasteiger partial charge in [0.25, 0.3) is 0 Å². The van der Waals surface area contributed by atoms with Crippen LogP contribution in [0.5, 0.6) is 0 Å². The molecule has 0 saturated heterocycles. The Hall–Kier alpha value is -2.09. The Kier molecular flexibility index (Phi) is 4.79. The monoisotopic (exact) mass is 281 g/mol. The highest BCUT2D eigenvalue weighted by Crippen LogP contribution is 2.29. The summed E-state index contributed by atoms with van der Waals surface area (Å²) < 4.78 is 0. The zero-order chi connectivity index (χ0) is 15.3. The Morgan fingerprint density at radius 2 is 1.43 bits per heavy atom. The van der Waals surface area contributed by atoms with Crippen LogP contribution < -0.4 is 5.32 Å². The van der Waals surface area contributed by atoms with Gasteiger partial charge in [0.2, 0.25) is 5.91 Å². The van der Waals surface area contributed by atoms with E-state index in [9.17, 15) is 4.79 Å². The fourth-order valence-corrected chi connectivity index (χ4v) is 2.41. The molecule has 0 aliphatic heterocycles. The molecule has 2 heteroatoms. The quantitative estimate of drug-likeness (QED) is 0.878. The molecule has 1 unspecified atom stereocenters. The van der Waals surface area contributed by atoms with Crippen molar-refractivity contribution in [3.05, 3.63) is 71.8 Å². The second kappa shape index (κ2) is 6.57. The van der Waals surface area contributed by atoms with Crippen molar-refractivity contribution in [3.63, 3.8) is 0 Å². The minimum Gasteiger partial charge on any atom is -0.343 e. The van der Waals surface area contributed by atoms with E-state index in [-0.39, 0.29) is 11.8 Å². The van der Waals surface area contributed by atoms with Crippen LogP contribution in [0.25, 0.3) is 0 Å². The van der Waals surface area contributed by atoms with Crippen LogP contribution in [-0.2, 0) is 10.3 Å². The normalized spacial score (nSPS) is 12.7. The van der Waals surface area contributed by atoms with Crippen molar-refractivity contribution < 1.29 is 4.79 Å². The second-order valence-electron chi connectivity index (χ2n) is 5.66. The van der Waals surface area contributed by atoms with Crippen molar-refractivity contribution in [3.8, 4) is 0 Å². The standard InChI is InChI=1S/C19H23NO/c1-4-15(2)18(21)20-19(3,16-11-7-5-8-12-16)17-13-9-6-10-14-17/h5-15H,4H2,1-3H3,(H,20,21). The van der Waals surface area contributed by atoms with Crippen LogP contribution >= 0.6 is 0 Å². The number of carbonyl (C=O) groups excluding carboxylic acids is 1. The Balaban J connectivity index is 2.43. The predicted octanol–water partition coefficient (Wildman–Crippen LogP) is 4.11. The highest BCUT2D eigenvalue weighted by molar-refractivity contribution is 5.79. The largest absolute Gasteiger partial charge is 0.343 e. The van der Waals surface area contributed by atoms with E-state index in [2.05, 4.69) is 36.5 Å². The summed E-state index contributed by atoms with van der Waals surface area (Å²) in [4.78, 5) is 12.4. The van der Waals surface area contributed by atoms with Gasteiger partial charge in [-0.25, -0.2) is 0 Å². The zero-order valence-electron chi connectivity index (χ0n) is 13.0. The smallest absolute Gasteiger partial charge is 0.223 e. The van der Waals surface area contributed by atoms with Crippen LogP contribution in [0.15, 0.2) is 60.7 Å². The van der Waals surface area contributed by atoms with E-state index in [0.29, 0.717) is 0 Å². The first-order valence-electron chi connectivity index (χ1n) is 7.51. The summed E-state index contributed by atoms with van der Waals surface area (Å²) in [5.74, 6) is 0.101. The lowest BCUT2D eigenvalue weighted by Gasteiger charge is -2.33. The molecule has 1 N–H and O–H groups in total. The van der Waals surface area contributed by atoms with Gasteiger partial charge < -0.3 is 5.32 Å². The molecule has 1 amide bonds. The molecule has 0 radical (unpaired) electrons. The van der Waals surface area contributed by atoms with E-state index < -0.39 is 5.54 Å². The number of benzene rings is 2. The molecule has 0 spiro atoms. The van der Waals surface area contributed by atoms with Crippen molar-refractivity contribution in [2.24, 2.45) is 5.92 Å². The molecule has 2 nitrogen and oxygen atoms in total. The fraction of sp³-hybridized carbons (Fsp3) is 0.316. The third-order valence-electron chi connectivity index (χ3n) is 4.14. The molecule has 110 valence electrons. The minimum absolute atomic E-state index is 0.0109.